The Morgan fingerprint density at radius 1 is 1.32 bits per heavy atom. The lowest BCUT2D eigenvalue weighted by atomic mass is 10.1. The second-order valence-electron chi connectivity index (χ2n) is 4.57. The van der Waals surface area contributed by atoms with Crippen molar-refractivity contribution in [3.63, 3.8) is 0 Å². The van der Waals surface area contributed by atoms with Gasteiger partial charge in [0.25, 0.3) is 0 Å². The minimum Gasteiger partial charge on any atom is -0.381 e. The van der Waals surface area contributed by atoms with Gasteiger partial charge >= 0.3 is 0 Å². The molecular weight excluding hydrogens is 324 g/mol. The molecule has 19 heavy (non-hydrogen) atoms. The van der Waals surface area contributed by atoms with Gasteiger partial charge in [-0.3, -0.25) is 0 Å². The molecule has 2 aromatic rings. The van der Waals surface area contributed by atoms with Gasteiger partial charge in [0.05, 0.1) is 16.4 Å². The van der Waals surface area contributed by atoms with Crippen molar-refractivity contribution in [3.8, 4) is 0 Å². The first-order valence-corrected chi connectivity index (χ1v) is 7.44. The summed E-state index contributed by atoms with van der Waals surface area (Å²) in [7, 11) is 0. The molecule has 0 spiro atoms. The summed E-state index contributed by atoms with van der Waals surface area (Å²) in [5, 5.41) is 3.92. The monoisotopic (exact) mass is 338 g/mol. The maximum Gasteiger partial charge on any atom is 0.143 e. The normalized spacial score (nSPS) is 12.2. The van der Waals surface area contributed by atoms with E-state index in [1.165, 1.54) is 5.56 Å². The van der Waals surface area contributed by atoms with E-state index in [4.69, 9.17) is 11.6 Å². The third-order valence-electron chi connectivity index (χ3n) is 2.92. The molecule has 2 rings (SSSR count). The third-order valence-corrected chi connectivity index (χ3v) is 4.05. The molecule has 0 aliphatic carbocycles. The highest BCUT2D eigenvalue weighted by Gasteiger charge is 2.05. The predicted molar refractivity (Wildman–Crippen MR) is 84.8 cm³/mol. The van der Waals surface area contributed by atoms with Crippen LogP contribution in [0.5, 0.6) is 0 Å². The van der Waals surface area contributed by atoms with E-state index < -0.39 is 0 Å². The van der Waals surface area contributed by atoms with Crippen LogP contribution in [0, 0.1) is 0 Å². The van der Waals surface area contributed by atoms with Crippen LogP contribution in [0.3, 0.4) is 0 Å². The summed E-state index contributed by atoms with van der Waals surface area (Å²) in [5.41, 5.74) is 2.35. The van der Waals surface area contributed by atoms with Crippen LogP contribution in [0.4, 0.5) is 5.69 Å². The molecule has 1 aromatic heterocycles. The zero-order valence-corrected chi connectivity index (χ0v) is 13.1. The number of hydrogen-bond acceptors (Lipinski definition) is 2. The van der Waals surface area contributed by atoms with Crippen LogP contribution in [-0.4, -0.2) is 11.0 Å². The number of aryl methyl sites for hydroxylation is 1. The molecule has 0 saturated heterocycles. The van der Waals surface area contributed by atoms with Gasteiger partial charge < -0.3 is 5.32 Å². The number of nitrogens with zero attached hydrogens (tertiary/aromatic N) is 1. The van der Waals surface area contributed by atoms with E-state index in [0.717, 1.165) is 23.0 Å². The first-order valence-electron chi connectivity index (χ1n) is 6.26. The van der Waals surface area contributed by atoms with Crippen molar-refractivity contribution >= 4 is 33.2 Å². The van der Waals surface area contributed by atoms with Crippen LogP contribution in [0.25, 0.3) is 0 Å². The van der Waals surface area contributed by atoms with Gasteiger partial charge in [0.2, 0.25) is 0 Å². The van der Waals surface area contributed by atoms with E-state index >= 15 is 0 Å². The van der Waals surface area contributed by atoms with Crippen molar-refractivity contribution in [1.82, 2.24) is 4.98 Å². The minimum absolute atomic E-state index is 0.384. The molecule has 1 atom stereocenters. The molecule has 0 aliphatic heterocycles. The molecule has 0 bridgehead atoms. The molecule has 4 heteroatoms. The summed E-state index contributed by atoms with van der Waals surface area (Å²) < 4.78 is 0.814. The predicted octanol–water partition coefficient (Wildman–Crippen LogP) is 4.93. The largest absolute Gasteiger partial charge is 0.381 e. The highest BCUT2D eigenvalue weighted by Crippen LogP contribution is 2.23. The number of halogens is 2. The molecule has 0 saturated carbocycles. The van der Waals surface area contributed by atoms with Crippen LogP contribution in [0.2, 0.25) is 5.15 Å². The molecular formula is C15H16BrClN2. The van der Waals surface area contributed by atoms with Crippen LogP contribution in [-0.2, 0) is 6.42 Å². The van der Waals surface area contributed by atoms with Crippen LogP contribution < -0.4 is 5.32 Å². The van der Waals surface area contributed by atoms with E-state index in [-0.39, 0.29) is 0 Å². The molecule has 0 fully saturated rings. The van der Waals surface area contributed by atoms with E-state index in [0.29, 0.717) is 11.2 Å². The highest BCUT2D eigenvalue weighted by molar-refractivity contribution is 9.10. The number of aromatic nitrogens is 1. The van der Waals surface area contributed by atoms with Crippen molar-refractivity contribution in [2.75, 3.05) is 5.32 Å². The number of anilines is 1. The van der Waals surface area contributed by atoms with Gasteiger partial charge in [-0.1, -0.05) is 41.9 Å². The Kier molecular flexibility index (Phi) is 5.23. The van der Waals surface area contributed by atoms with Crippen LogP contribution >= 0.6 is 27.5 Å². The van der Waals surface area contributed by atoms with Gasteiger partial charge in [-0.05, 0) is 47.3 Å². The summed E-state index contributed by atoms with van der Waals surface area (Å²) in [6, 6.07) is 12.9. The van der Waals surface area contributed by atoms with Crippen LogP contribution in [0.15, 0.2) is 47.1 Å². The molecule has 0 amide bonds. The quantitative estimate of drug-likeness (QED) is 0.781. The topological polar surface area (TPSA) is 24.9 Å². The van der Waals surface area contributed by atoms with Crippen molar-refractivity contribution < 1.29 is 0 Å². The Hall–Kier alpha value is -1.06. The summed E-state index contributed by atoms with van der Waals surface area (Å²) in [4.78, 5) is 4.11. The number of pyridine rings is 1. The Morgan fingerprint density at radius 2 is 2.05 bits per heavy atom. The first-order chi connectivity index (χ1) is 9.15. The van der Waals surface area contributed by atoms with E-state index in [1.807, 2.05) is 12.1 Å². The summed E-state index contributed by atoms with van der Waals surface area (Å²) in [5.74, 6) is 0. The van der Waals surface area contributed by atoms with Gasteiger partial charge in [0, 0.05) is 6.04 Å². The SMILES string of the molecule is CC(CCc1ccccc1)Nc1cnc(Cl)c(Br)c1. The fraction of sp³-hybridized carbons (Fsp3) is 0.267. The van der Waals surface area contributed by atoms with E-state index in [2.05, 4.69) is 57.4 Å². The Morgan fingerprint density at radius 3 is 2.74 bits per heavy atom. The van der Waals surface area contributed by atoms with Gasteiger partial charge in [-0.2, -0.15) is 0 Å². The fourth-order valence-corrected chi connectivity index (χ4v) is 2.34. The average molecular weight is 340 g/mol. The zero-order valence-electron chi connectivity index (χ0n) is 10.7. The second kappa shape index (κ2) is 6.92. The lowest BCUT2D eigenvalue weighted by Gasteiger charge is -2.15. The summed E-state index contributed by atoms with van der Waals surface area (Å²) in [6.45, 7) is 2.17. The Labute approximate surface area is 127 Å². The fourth-order valence-electron chi connectivity index (χ4n) is 1.88. The van der Waals surface area contributed by atoms with Gasteiger partial charge in [-0.15, -0.1) is 0 Å². The molecule has 1 N–H and O–H groups in total. The van der Waals surface area contributed by atoms with Crippen molar-refractivity contribution in [1.29, 1.82) is 0 Å². The molecule has 1 unspecified atom stereocenters. The molecule has 0 aliphatic rings. The van der Waals surface area contributed by atoms with E-state index in [9.17, 15) is 0 Å². The van der Waals surface area contributed by atoms with Crippen molar-refractivity contribution in [3.05, 3.63) is 57.8 Å². The highest BCUT2D eigenvalue weighted by atomic mass is 79.9. The molecule has 100 valence electrons. The van der Waals surface area contributed by atoms with E-state index in [1.54, 1.807) is 6.20 Å². The lowest BCUT2D eigenvalue weighted by molar-refractivity contribution is 0.706. The standard InChI is InChI=1S/C15H16BrClN2/c1-11(7-8-12-5-3-2-4-6-12)19-13-9-14(16)15(17)18-10-13/h2-6,9-11,19H,7-8H2,1H3. The number of hydrogen-bond donors (Lipinski definition) is 1. The van der Waals surface area contributed by atoms with Gasteiger partial charge in [-0.25, -0.2) is 4.98 Å². The number of benzene rings is 1. The van der Waals surface area contributed by atoms with Gasteiger partial charge in [0.15, 0.2) is 0 Å². The smallest absolute Gasteiger partial charge is 0.143 e. The Balaban J connectivity index is 1.87. The second-order valence-corrected chi connectivity index (χ2v) is 5.78. The summed E-state index contributed by atoms with van der Waals surface area (Å²) in [6.07, 6.45) is 3.90. The molecule has 2 nitrogen and oxygen atoms in total. The van der Waals surface area contributed by atoms with Gasteiger partial charge in [0.1, 0.15) is 5.15 Å². The van der Waals surface area contributed by atoms with Crippen LogP contribution in [0.1, 0.15) is 18.9 Å². The average Bonchev–Trinajstić information content (AvgIpc) is 2.42. The molecule has 1 aromatic carbocycles. The zero-order chi connectivity index (χ0) is 13.7. The number of rotatable bonds is 5. The third kappa shape index (κ3) is 4.51. The lowest BCUT2D eigenvalue weighted by Crippen LogP contribution is -2.16. The Bertz CT molecular complexity index is 531. The van der Waals surface area contributed by atoms with Crippen molar-refractivity contribution in [2.24, 2.45) is 0 Å². The molecule has 0 radical (unpaired) electrons. The molecule has 1 heterocycles. The number of nitrogens with one attached hydrogen (secondary N) is 1. The minimum atomic E-state index is 0.384. The maximum absolute atomic E-state index is 5.87. The summed E-state index contributed by atoms with van der Waals surface area (Å²) >= 11 is 9.25. The first kappa shape index (κ1) is 14.4. The van der Waals surface area contributed by atoms with Crippen molar-refractivity contribution in [2.45, 2.75) is 25.8 Å². The maximum atomic E-state index is 5.87.